The number of hydrogen-bond acceptors (Lipinski definition) is 4. The van der Waals surface area contributed by atoms with E-state index >= 15 is 0 Å². The van der Waals surface area contributed by atoms with E-state index in [4.69, 9.17) is 0 Å². The summed E-state index contributed by atoms with van der Waals surface area (Å²) in [6.07, 6.45) is 0.421. The molecule has 2 rings (SSSR count). The molecule has 1 saturated heterocycles. The molecule has 0 saturated carbocycles. The molecule has 1 heterocycles. The van der Waals surface area contributed by atoms with Crippen molar-refractivity contribution < 1.29 is 14.4 Å². The Morgan fingerprint density at radius 1 is 1.36 bits per heavy atom. The van der Waals surface area contributed by atoms with Crippen molar-refractivity contribution in [2.24, 2.45) is 5.92 Å². The van der Waals surface area contributed by atoms with Crippen LogP contribution in [0.3, 0.4) is 0 Å². The summed E-state index contributed by atoms with van der Waals surface area (Å²) in [5.74, 6) is 0.614. The number of thioether (sulfide) groups is 1. The van der Waals surface area contributed by atoms with Gasteiger partial charge in [0.2, 0.25) is 5.91 Å². The summed E-state index contributed by atoms with van der Waals surface area (Å²) in [5.41, 5.74) is 1.16. The second-order valence-electron chi connectivity index (χ2n) is 5.25. The average molecular weight is 320 g/mol. The van der Waals surface area contributed by atoms with E-state index in [0.29, 0.717) is 36.5 Å². The molecule has 0 aromatic heterocycles. The molecular formula is C16H20N2O3S. The minimum absolute atomic E-state index is 0.00546. The van der Waals surface area contributed by atoms with Crippen molar-refractivity contribution in [3.05, 3.63) is 29.8 Å². The van der Waals surface area contributed by atoms with E-state index in [1.165, 1.54) is 18.7 Å². The van der Waals surface area contributed by atoms with Crippen LogP contribution in [0, 0.1) is 5.92 Å². The Hall–Kier alpha value is -1.82. The van der Waals surface area contributed by atoms with Crippen LogP contribution < -0.4 is 10.2 Å². The summed E-state index contributed by atoms with van der Waals surface area (Å²) in [5, 5.41) is 2.83. The summed E-state index contributed by atoms with van der Waals surface area (Å²) in [7, 11) is 0. The van der Waals surface area contributed by atoms with Crippen molar-refractivity contribution in [1.82, 2.24) is 5.32 Å². The lowest BCUT2D eigenvalue weighted by Crippen LogP contribution is -2.30. The largest absolute Gasteiger partial charge is 0.352 e. The minimum atomic E-state index is -0.174. The number of benzene rings is 1. The number of nitrogens with zero attached hydrogens (tertiary/aromatic N) is 1. The Kier molecular flexibility index (Phi) is 5.60. The lowest BCUT2D eigenvalue weighted by Gasteiger charge is -2.20. The molecule has 1 aliphatic heterocycles. The highest BCUT2D eigenvalue weighted by atomic mass is 32.2. The van der Waals surface area contributed by atoms with E-state index in [0.717, 1.165) is 0 Å². The first-order valence-corrected chi connectivity index (χ1v) is 8.32. The highest BCUT2D eigenvalue weighted by Gasteiger charge is 2.32. The highest BCUT2D eigenvalue weighted by molar-refractivity contribution is 8.13. The molecule has 0 aliphatic carbocycles. The molecule has 22 heavy (non-hydrogen) atoms. The van der Waals surface area contributed by atoms with Crippen LogP contribution in [0.1, 0.15) is 30.6 Å². The zero-order valence-corrected chi connectivity index (χ0v) is 13.6. The molecule has 2 amide bonds. The Bertz CT molecular complexity index is 589. The summed E-state index contributed by atoms with van der Waals surface area (Å²) in [4.78, 5) is 37.1. The van der Waals surface area contributed by atoms with Crippen molar-refractivity contribution >= 4 is 34.4 Å². The monoisotopic (exact) mass is 320 g/mol. The lowest BCUT2D eigenvalue weighted by molar-refractivity contribution is -0.117. The fourth-order valence-electron chi connectivity index (χ4n) is 2.52. The SMILES string of the molecule is CCNC(=O)c1ccccc1N1CC(CSC(C)=O)CC1=O. The topological polar surface area (TPSA) is 66.5 Å². The van der Waals surface area contributed by atoms with E-state index in [9.17, 15) is 14.4 Å². The van der Waals surface area contributed by atoms with Gasteiger partial charge in [0, 0.05) is 32.2 Å². The Morgan fingerprint density at radius 2 is 2.09 bits per heavy atom. The normalized spacial score (nSPS) is 17.6. The highest BCUT2D eigenvalue weighted by Crippen LogP contribution is 2.29. The third-order valence-corrected chi connectivity index (χ3v) is 4.55. The number of nitrogens with one attached hydrogen (secondary N) is 1. The standard InChI is InChI=1S/C16H20N2O3S/c1-3-17-16(21)13-6-4-5-7-14(13)18-9-12(8-15(18)20)10-22-11(2)19/h4-7,12H,3,8-10H2,1-2H3,(H,17,21). The fraction of sp³-hybridized carbons (Fsp3) is 0.438. The van der Waals surface area contributed by atoms with Gasteiger partial charge in [-0.05, 0) is 25.0 Å². The predicted molar refractivity (Wildman–Crippen MR) is 88.0 cm³/mol. The van der Waals surface area contributed by atoms with Crippen LogP contribution >= 0.6 is 11.8 Å². The lowest BCUT2D eigenvalue weighted by atomic mass is 10.1. The summed E-state index contributed by atoms with van der Waals surface area (Å²) < 4.78 is 0. The minimum Gasteiger partial charge on any atom is -0.352 e. The maximum absolute atomic E-state index is 12.3. The second kappa shape index (κ2) is 7.45. The van der Waals surface area contributed by atoms with E-state index < -0.39 is 0 Å². The van der Waals surface area contributed by atoms with Gasteiger partial charge >= 0.3 is 0 Å². The van der Waals surface area contributed by atoms with Gasteiger partial charge in [0.25, 0.3) is 5.91 Å². The maximum atomic E-state index is 12.3. The Balaban J connectivity index is 2.16. The average Bonchev–Trinajstić information content (AvgIpc) is 2.86. The van der Waals surface area contributed by atoms with Gasteiger partial charge in [0.05, 0.1) is 11.3 Å². The van der Waals surface area contributed by atoms with Crippen LogP contribution in [0.5, 0.6) is 0 Å². The van der Waals surface area contributed by atoms with Crippen molar-refractivity contribution in [2.75, 3.05) is 23.7 Å². The van der Waals surface area contributed by atoms with Gasteiger partial charge in [-0.2, -0.15) is 0 Å². The van der Waals surface area contributed by atoms with E-state index in [1.54, 1.807) is 23.1 Å². The van der Waals surface area contributed by atoms with Crippen molar-refractivity contribution in [3.8, 4) is 0 Å². The number of rotatable bonds is 5. The molecule has 1 atom stereocenters. The Labute approximate surface area is 134 Å². The van der Waals surface area contributed by atoms with Gasteiger partial charge in [-0.25, -0.2) is 0 Å². The van der Waals surface area contributed by atoms with Crippen molar-refractivity contribution in [3.63, 3.8) is 0 Å². The third kappa shape index (κ3) is 3.88. The van der Waals surface area contributed by atoms with Gasteiger partial charge in [0.15, 0.2) is 5.12 Å². The van der Waals surface area contributed by atoms with Crippen LogP contribution in [0.15, 0.2) is 24.3 Å². The van der Waals surface area contributed by atoms with Crippen molar-refractivity contribution in [2.45, 2.75) is 20.3 Å². The van der Waals surface area contributed by atoms with Crippen LogP contribution in [0.2, 0.25) is 0 Å². The molecule has 5 nitrogen and oxygen atoms in total. The number of carbonyl (C=O) groups is 3. The first-order valence-electron chi connectivity index (χ1n) is 7.33. The predicted octanol–water partition coefficient (Wildman–Crippen LogP) is 2.07. The Morgan fingerprint density at radius 3 is 2.77 bits per heavy atom. The molecule has 118 valence electrons. The molecule has 1 unspecified atom stereocenters. The van der Waals surface area contributed by atoms with Gasteiger partial charge in [-0.3, -0.25) is 14.4 Å². The number of carbonyl (C=O) groups excluding carboxylic acids is 3. The van der Waals surface area contributed by atoms with Gasteiger partial charge in [0.1, 0.15) is 0 Å². The van der Waals surface area contributed by atoms with Crippen LogP contribution in [0.25, 0.3) is 0 Å². The molecular weight excluding hydrogens is 300 g/mol. The number of hydrogen-bond donors (Lipinski definition) is 1. The first kappa shape index (κ1) is 16.5. The molecule has 0 spiro atoms. The molecule has 1 N–H and O–H groups in total. The number of anilines is 1. The van der Waals surface area contributed by atoms with E-state index in [-0.39, 0.29) is 22.8 Å². The molecule has 6 heteroatoms. The van der Waals surface area contributed by atoms with Crippen LogP contribution in [0.4, 0.5) is 5.69 Å². The molecule has 0 bridgehead atoms. The zero-order chi connectivity index (χ0) is 16.1. The summed E-state index contributed by atoms with van der Waals surface area (Å²) in [6.45, 7) is 4.48. The quantitative estimate of drug-likeness (QED) is 0.902. The second-order valence-corrected chi connectivity index (χ2v) is 6.45. The zero-order valence-electron chi connectivity index (χ0n) is 12.8. The molecule has 0 radical (unpaired) electrons. The fourth-order valence-corrected chi connectivity index (χ4v) is 3.21. The number of amides is 2. The first-order chi connectivity index (χ1) is 10.5. The third-order valence-electron chi connectivity index (χ3n) is 3.50. The van der Waals surface area contributed by atoms with Crippen molar-refractivity contribution in [1.29, 1.82) is 0 Å². The van der Waals surface area contributed by atoms with Gasteiger partial charge < -0.3 is 10.2 Å². The summed E-state index contributed by atoms with van der Waals surface area (Å²) >= 11 is 1.25. The molecule has 1 aromatic rings. The van der Waals surface area contributed by atoms with E-state index in [1.807, 2.05) is 13.0 Å². The smallest absolute Gasteiger partial charge is 0.253 e. The van der Waals surface area contributed by atoms with Gasteiger partial charge in [-0.15, -0.1) is 0 Å². The van der Waals surface area contributed by atoms with Gasteiger partial charge in [-0.1, -0.05) is 23.9 Å². The molecule has 1 aliphatic rings. The molecule has 1 fully saturated rings. The van der Waals surface area contributed by atoms with Crippen LogP contribution in [-0.4, -0.2) is 35.8 Å². The molecule has 1 aromatic carbocycles. The number of para-hydroxylation sites is 1. The van der Waals surface area contributed by atoms with E-state index in [2.05, 4.69) is 5.32 Å². The van der Waals surface area contributed by atoms with Crippen LogP contribution in [-0.2, 0) is 9.59 Å². The summed E-state index contributed by atoms with van der Waals surface area (Å²) in [6, 6.07) is 7.13. The maximum Gasteiger partial charge on any atom is 0.253 e.